The molecule has 5 nitrogen and oxygen atoms in total. The number of nitrogens with zero attached hydrogens (tertiary/aromatic N) is 2. The van der Waals surface area contributed by atoms with Gasteiger partial charge < -0.3 is 15.6 Å². The van der Waals surface area contributed by atoms with E-state index in [1.165, 1.54) is 7.11 Å². The van der Waals surface area contributed by atoms with Crippen LogP contribution >= 0.6 is 0 Å². The highest BCUT2D eigenvalue weighted by Gasteiger charge is 2.14. The molecule has 0 saturated heterocycles. The Morgan fingerprint density at radius 1 is 1.38 bits per heavy atom. The molecule has 1 aromatic heterocycles. The van der Waals surface area contributed by atoms with Gasteiger partial charge in [-0.15, -0.1) is 0 Å². The zero-order valence-corrected chi connectivity index (χ0v) is 9.14. The van der Waals surface area contributed by atoms with E-state index in [1.54, 1.807) is 36.1 Å². The predicted octanol–water partition coefficient (Wildman–Crippen LogP) is 1.38. The molecule has 0 aliphatic carbocycles. The Morgan fingerprint density at radius 2 is 2.12 bits per heavy atom. The normalized spacial score (nSPS) is 10.4. The van der Waals surface area contributed by atoms with E-state index in [0.29, 0.717) is 22.7 Å². The van der Waals surface area contributed by atoms with Crippen LogP contribution in [0.3, 0.4) is 0 Å². The van der Waals surface area contributed by atoms with Crippen molar-refractivity contribution < 1.29 is 9.84 Å². The second-order valence-electron chi connectivity index (χ2n) is 3.42. The molecular weight excluding hydrogens is 206 g/mol. The summed E-state index contributed by atoms with van der Waals surface area (Å²) >= 11 is 0. The van der Waals surface area contributed by atoms with Crippen LogP contribution in [-0.2, 0) is 7.05 Å². The summed E-state index contributed by atoms with van der Waals surface area (Å²) in [6.45, 7) is 0. The van der Waals surface area contributed by atoms with Crippen molar-refractivity contribution >= 4 is 5.82 Å². The van der Waals surface area contributed by atoms with Gasteiger partial charge in [0.15, 0.2) is 11.5 Å². The van der Waals surface area contributed by atoms with Crippen LogP contribution in [0.1, 0.15) is 0 Å². The van der Waals surface area contributed by atoms with E-state index in [1.807, 2.05) is 0 Å². The minimum Gasteiger partial charge on any atom is -0.504 e. The number of aromatic hydroxyl groups is 1. The third-order valence-electron chi connectivity index (χ3n) is 2.49. The summed E-state index contributed by atoms with van der Waals surface area (Å²) in [5, 5.41) is 14.0. The number of phenols is 1. The lowest BCUT2D eigenvalue weighted by Gasteiger charge is -2.07. The fourth-order valence-corrected chi connectivity index (χ4v) is 1.56. The molecule has 0 aliphatic rings. The molecular formula is C11H13N3O2. The third-order valence-corrected chi connectivity index (χ3v) is 2.49. The van der Waals surface area contributed by atoms with Gasteiger partial charge >= 0.3 is 0 Å². The predicted molar refractivity (Wildman–Crippen MR) is 61.3 cm³/mol. The standard InChI is InChI=1S/C11H13N3O2/c1-14-11(12)8(6-13-14)7-4-3-5-9(16-2)10(7)15/h3-6,15H,12H2,1-2H3. The van der Waals surface area contributed by atoms with Gasteiger partial charge in [0.25, 0.3) is 0 Å². The Morgan fingerprint density at radius 3 is 2.69 bits per heavy atom. The monoisotopic (exact) mass is 219 g/mol. The number of rotatable bonds is 2. The number of nitrogens with two attached hydrogens (primary N) is 1. The number of hydrogen-bond donors (Lipinski definition) is 2. The first-order valence-corrected chi connectivity index (χ1v) is 4.79. The fourth-order valence-electron chi connectivity index (χ4n) is 1.56. The third kappa shape index (κ3) is 1.46. The van der Waals surface area contributed by atoms with Crippen LogP contribution in [-0.4, -0.2) is 22.0 Å². The second-order valence-corrected chi connectivity index (χ2v) is 3.42. The molecule has 2 rings (SSSR count). The van der Waals surface area contributed by atoms with Gasteiger partial charge in [-0.25, -0.2) is 0 Å². The average Bonchev–Trinajstić information content (AvgIpc) is 2.61. The molecule has 1 heterocycles. The molecule has 0 amide bonds. The maximum absolute atomic E-state index is 9.96. The van der Waals surface area contributed by atoms with Crippen LogP contribution in [0.25, 0.3) is 11.1 Å². The fraction of sp³-hybridized carbons (Fsp3) is 0.182. The van der Waals surface area contributed by atoms with Crippen molar-refractivity contribution in [1.82, 2.24) is 9.78 Å². The van der Waals surface area contributed by atoms with E-state index in [-0.39, 0.29) is 5.75 Å². The zero-order chi connectivity index (χ0) is 11.7. The van der Waals surface area contributed by atoms with Gasteiger partial charge in [-0.3, -0.25) is 4.68 Å². The van der Waals surface area contributed by atoms with E-state index >= 15 is 0 Å². The van der Waals surface area contributed by atoms with Crippen molar-refractivity contribution in [3.05, 3.63) is 24.4 Å². The van der Waals surface area contributed by atoms with Crippen LogP contribution in [0, 0.1) is 0 Å². The number of nitrogen functional groups attached to an aromatic ring is 1. The summed E-state index contributed by atoms with van der Waals surface area (Å²) in [6, 6.07) is 5.25. The van der Waals surface area contributed by atoms with Gasteiger partial charge in [0.2, 0.25) is 0 Å². The molecule has 0 saturated carbocycles. The minimum absolute atomic E-state index is 0.0738. The highest BCUT2D eigenvalue weighted by molar-refractivity contribution is 5.79. The molecule has 1 aromatic carbocycles. The number of aromatic nitrogens is 2. The zero-order valence-electron chi connectivity index (χ0n) is 9.14. The molecule has 0 fully saturated rings. The lowest BCUT2D eigenvalue weighted by molar-refractivity contribution is 0.374. The number of aryl methyl sites for hydroxylation is 1. The Bertz CT molecular complexity index is 520. The van der Waals surface area contributed by atoms with E-state index in [4.69, 9.17) is 10.5 Å². The molecule has 2 aromatic rings. The van der Waals surface area contributed by atoms with E-state index < -0.39 is 0 Å². The number of methoxy groups -OCH3 is 1. The smallest absolute Gasteiger partial charge is 0.165 e. The number of para-hydroxylation sites is 1. The molecule has 16 heavy (non-hydrogen) atoms. The van der Waals surface area contributed by atoms with Crippen molar-refractivity contribution in [2.24, 2.45) is 7.05 Å². The van der Waals surface area contributed by atoms with E-state index in [2.05, 4.69) is 5.10 Å². The molecule has 0 unspecified atom stereocenters. The van der Waals surface area contributed by atoms with Crippen LogP contribution < -0.4 is 10.5 Å². The second kappa shape index (κ2) is 3.77. The summed E-state index contributed by atoms with van der Waals surface area (Å²) in [5.41, 5.74) is 7.15. The Balaban J connectivity index is 2.60. The number of phenolic OH excluding ortho intramolecular Hbond substituents is 1. The quantitative estimate of drug-likeness (QED) is 0.800. The number of ether oxygens (including phenoxy) is 1. The number of benzene rings is 1. The molecule has 5 heteroatoms. The van der Waals surface area contributed by atoms with Crippen LogP contribution in [0.2, 0.25) is 0 Å². The van der Waals surface area contributed by atoms with E-state index in [9.17, 15) is 5.11 Å². The molecule has 0 bridgehead atoms. The van der Waals surface area contributed by atoms with Gasteiger partial charge in [0.1, 0.15) is 5.82 Å². The van der Waals surface area contributed by atoms with Gasteiger partial charge in [-0.05, 0) is 6.07 Å². The van der Waals surface area contributed by atoms with Gasteiger partial charge in [0.05, 0.1) is 13.3 Å². The van der Waals surface area contributed by atoms with Crippen LogP contribution in [0.5, 0.6) is 11.5 Å². The van der Waals surface area contributed by atoms with Crippen LogP contribution in [0.15, 0.2) is 24.4 Å². The molecule has 3 N–H and O–H groups in total. The van der Waals surface area contributed by atoms with Crippen molar-refractivity contribution in [1.29, 1.82) is 0 Å². The summed E-state index contributed by atoms with van der Waals surface area (Å²) in [5.74, 6) is 0.994. The summed E-state index contributed by atoms with van der Waals surface area (Å²) in [4.78, 5) is 0. The topological polar surface area (TPSA) is 73.3 Å². The summed E-state index contributed by atoms with van der Waals surface area (Å²) in [7, 11) is 3.25. The first-order chi connectivity index (χ1) is 7.65. The minimum atomic E-state index is 0.0738. The van der Waals surface area contributed by atoms with Crippen molar-refractivity contribution in [2.75, 3.05) is 12.8 Å². The van der Waals surface area contributed by atoms with Gasteiger partial charge in [-0.1, -0.05) is 12.1 Å². The first kappa shape index (κ1) is 10.4. The first-order valence-electron chi connectivity index (χ1n) is 4.79. The highest BCUT2D eigenvalue weighted by atomic mass is 16.5. The Labute approximate surface area is 93.1 Å². The maximum Gasteiger partial charge on any atom is 0.165 e. The Hall–Kier alpha value is -2.17. The number of anilines is 1. The van der Waals surface area contributed by atoms with Gasteiger partial charge in [0, 0.05) is 18.2 Å². The molecule has 84 valence electrons. The van der Waals surface area contributed by atoms with Crippen molar-refractivity contribution in [3.8, 4) is 22.6 Å². The lowest BCUT2D eigenvalue weighted by atomic mass is 10.1. The molecule has 0 radical (unpaired) electrons. The largest absolute Gasteiger partial charge is 0.504 e. The van der Waals surface area contributed by atoms with Gasteiger partial charge in [-0.2, -0.15) is 5.10 Å². The molecule has 0 atom stereocenters. The molecule has 0 aliphatic heterocycles. The average molecular weight is 219 g/mol. The Kier molecular flexibility index (Phi) is 2.44. The maximum atomic E-state index is 9.96. The summed E-state index contributed by atoms with van der Waals surface area (Å²) in [6.07, 6.45) is 1.61. The van der Waals surface area contributed by atoms with Crippen LogP contribution in [0.4, 0.5) is 5.82 Å². The number of hydrogen-bond acceptors (Lipinski definition) is 4. The molecule has 0 spiro atoms. The van der Waals surface area contributed by atoms with E-state index in [0.717, 1.165) is 0 Å². The van der Waals surface area contributed by atoms with Crippen molar-refractivity contribution in [3.63, 3.8) is 0 Å². The lowest BCUT2D eigenvalue weighted by Crippen LogP contribution is -1.98. The summed E-state index contributed by atoms with van der Waals surface area (Å²) < 4.78 is 6.59. The highest BCUT2D eigenvalue weighted by Crippen LogP contribution is 2.38. The SMILES string of the molecule is COc1cccc(-c2cnn(C)c2N)c1O. The van der Waals surface area contributed by atoms with Crippen molar-refractivity contribution in [2.45, 2.75) is 0 Å².